The summed E-state index contributed by atoms with van der Waals surface area (Å²) in [5, 5.41) is 1.04. The van der Waals surface area contributed by atoms with E-state index in [4.69, 9.17) is 14.2 Å². The Hall–Kier alpha value is -1.50. The van der Waals surface area contributed by atoms with Crippen molar-refractivity contribution in [3.63, 3.8) is 0 Å². The highest BCUT2D eigenvalue weighted by molar-refractivity contribution is 5.78. The van der Waals surface area contributed by atoms with Gasteiger partial charge in [-0.1, -0.05) is 6.92 Å². The Kier molecular flexibility index (Phi) is 3.04. The van der Waals surface area contributed by atoms with Crippen molar-refractivity contribution >= 4 is 11.0 Å². The molecular weight excluding hydrogens is 282 g/mol. The molecule has 0 N–H and O–H groups in total. The number of hydrogen-bond acceptors (Lipinski definition) is 5. The number of nitrogens with zero attached hydrogens (tertiary/aromatic N) is 3. The van der Waals surface area contributed by atoms with Crippen molar-refractivity contribution in [1.29, 1.82) is 0 Å². The van der Waals surface area contributed by atoms with Gasteiger partial charge in [0.1, 0.15) is 24.2 Å². The maximum atomic E-state index is 6.22. The molecular formula is C16H21N3O3. The average molecular weight is 303 g/mol. The molecule has 2 fully saturated rings. The Balaban J connectivity index is 1.77. The van der Waals surface area contributed by atoms with E-state index in [1.54, 1.807) is 6.33 Å². The van der Waals surface area contributed by atoms with E-state index in [9.17, 15) is 0 Å². The second kappa shape index (κ2) is 4.75. The molecule has 4 rings (SSSR count). The summed E-state index contributed by atoms with van der Waals surface area (Å²) >= 11 is 0. The molecule has 0 amide bonds. The summed E-state index contributed by atoms with van der Waals surface area (Å²) < 4.78 is 20.4. The standard InChI is InChI=1S/C16H21N3O3/c1-5-11-12-13(22-16(3,4)21-12)15(20-11)19-7-6-10-9(2)17-8-18-14(10)19/h6-8,11-13,15H,5H2,1-4H3/t11-,12+,13+,15+/m0/s1. The molecule has 4 atom stereocenters. The first kappa shape index (κ1) is 14.1. The first-order chi connectivity index (χ1) is 10.5. The zero-order valence-electron chi connectivity index (χ0n) is 13.3. The van der Waals surface area contributed by atoms with Crippen LogP contribution < -0.4 is 0 Å². The summed E-state index contributed by atoms with van der Waals surface area (Å²) in [5.41, 5.74) is 1.84. The summed E-state index contributed by atoms with van der Waals surface area (Å²) in [5.74, 6) is -0.571. The van der Waals surface area contributed by atoms with Gasteiger partial charge in [-0.2, -0.15) is 0 Å². The Morgan fingerprint density at radius 3 is 2.77 bits per heavy atom. The fourth-order valence-electron chi connectivity index (χ4n) is 3.51. The van der Waals surface area contributed by atoms with Crippen molar-refractivity contribution in [3.05, 3.63) is 24.3 Å². The molecule has 0 saturated carbocycles. The molecule has 2 aromatic heterocycles. The molecule has 2 aliphatic rings. The summed E-state index contributed by atoms with van der Waals surface area (Å²) in [6, 6.07) is 2.03. The molecule has 0 spiro atoms. The van der Waals surface area contributed by atoms with Crippen LogP contribution in [0.1, 0.15) is 39.1 Å². The highest BCUT2D eigenvalue weighted by atomic mass is 16.8. The van der Waals surface area contributed by atoms with Gasteiger partial charge in [0, 0.05) is 11.6 Å². The van der Waals surface area contributed by atoms with Gasteiger partial charge in [0.2, 0.25) is 0 Å². The summed E-state index contributed by atoms with van der Waals surface area (Å²) in [6.45, 7) is 8.00. The molecule has 6 nitrogen and oxygen atoms in total. The van der Waals surface area contributed by atoms with Crippen molar-refractivity contribution < 1.29 is 14.2 Å². The quantitative estimate of drug-likeness (QED) is 0.853. The predicted octanol–water partition coefficient (Wildman–Crippen LogP) is 2.57. The molecule has 0 unspecified atom stereocenters. The minimum atomic E-state index is -0.571. The van der Waals surface area contributed by atoms with Crippen LogP contribution in [0.4, 0.5) is 0 Å². The molecule has 0 radical (unpaired) electrons. The topological polar surface area (TPSA) is 58.4 Å². The molecule has 2 aromatic rings. The first-order valence-corrected chi connectivity index (χ1v) is 7.79. The highest BCUT2D eigenvalue weighted by Gasteiger charge is 2.55. The normalized spacial score (nSPS) is 33.5. The van der Waals surface area contributed by atoms with E-state index in [1.165, 1.54) is 0 Å². The predicted molar refractivity (Wildman–Crippen MR) is 80.3 cm³/mol. The van der Waals surface area contributed by atoms with Gasteiger partial charge in [0.25, 0.3) is 0 Å². The zero-order valence-corrected chi connectivity index (χ0v) is 13.3. The average Bonchev–Trinajstić information content (AvgIpc) is 3.10. The third-order valence-electron chi connectivity index (χ3n) is 4.51. The summed E-state index contributed by atoms with van der Waals surface area (Å²) in [4.78, 5) is 8.67. The Bertz CT molecular complexity index is 712. The lowest BCUT2D eigenvalue weighted by Gasteiger charge is -2.24. The van der Waals surface area contributed by atoms with Crippen LogP contribution in [-0.2, 0) is 14.2 Å². The van der Waals surface area contributed by atoms with Crippen LogP contribution in [0.5, 0.6) is 0 Å². The minimum absolute atomic E-state index is 0.0367. The zero-order chi connectivity index (χ0) is 15.5. The van der Waals surface area contributed by atoms with Gasteiger partial charge in [-0.05, 0) is 33.3 Å². The molecule has 118 valence electrons. The lowest BCUT2D eigenvalue weighted by Crippen LogP contribution is -2.28. The monoisotopic (exact) mass is 303 g/mol. The molecule has 2 aliphatic heterocycles. The van der Waals surface area contributed by atoms with Crippen molar-refractivity contribution in [2.24, 2.45) is 0 Å². The van der Waals surface area contributed by atoms with Crippen molar-refractivity contribution in [2.75, 3.05) is 0 Å². The third kappa shape index (κ3) is 1.98. The smallest absolute Gasteiger partial charge is 0.164 e. The van der Waals surface area contributed by atoms with Crippen LogP contribution in [0.2, 0.25) is 0 Å². The number of hydrogen-bond donors (Lipinski definition) is 0. The van der Waals surface area contributed by atoms with E-state index in [1.807, 2.05) is 37.6 Å². The molecule has 6 heteroatoms. The van der Waals surface area contributed by atoms with E-state index in [0.29, 0.717) is 0 Å². The lowest BCUT2D eigenvalue weighted by atomic mass is 10.1. The van der Waals surface area contributed by atoms with Gasteiger partial charge >= 0.3 is 0 Å². The Morgan fingerprint density at radius 1 is 1.23 bits per heavy atom. The number of aromatic nitrogens is 3. The second-order valence-electron chi connectivity index (χ2n) is 6.46. The van der Waals surface area contributed by atoms with E-state index in [0.717, 1.165) is 23.1 Å². The highest BCUT2D eigenvalue weighted by Crippen LogP contribution is 2.44. The van der Waals surface area contributed by atoms with Gasteiger partial charge in [0.15, 0.2) is 12.0 Å². The molecule has 0 aliphatic carbocycles. The first-order valence-electron chi connectivity index (χ1n) is 7.79. The van der Waals surface area contributed by atoms with Crippen LogP contribution in [0.15, 0.2) is 18.6 Å². The lowest BCUT2D eigenvalue weighted by molar-refractivity contribution is -0.196. The molecule has 2 saturated heterocycles. The Morgan fingerprint density at radius 2 is 2.00 bits per heavy atom. The molecule has 22 heavy (non-hydrogen) atoms. The van der Waals surface area contributed by atoms with Crippen molar-refractivity contribution in [3.8, 4) is 0 Å². The maximum Gasteiger partial charge on any atom is 0.164 e. The largest absolute Gasteiger partial charge is 0.349 e. The minimum Gasteiger partial charge on any atom is -0.349 e. The summed E-state index contributed by atoms with van der Waals surface area (Å²) in [6.07, 6.45) is 4.15. The van der Waals surface area contributed by atoms with E-state index < -0.39 is 5.79 Å². The third-order valence-corrected chi connectivity index (χ3v) is 4.51. The molecule has 0 aromatic carbocycles. The SMILES string of the molecule is CC[C@@H]1O[C@@H](n2ccc3c(C)ncnc32)[C@@H]2OC(C)(C)O[C@@H]21. The van der Waals surface area contributed by atoms with Gasteiger partial charge in [-0.15, -0.1) is 0 Å². The molecule has 0 bridgehead atoms. The fraction of sp³-hybridized carbons (Fsp3) is 0.625. The van der Waals surface area contributed by atoms with Crippen LogP contribution in [-0.4, -0.2) is 38.6 Å². The van der Waals surface area contributed by atoms with Gasteiger partial charge in [0.05, 0.1) is 11.8 Å². The number of ether oxygens (including phenoxy) is 3. The second-order valence-corrected chi connectivity index (χ2v) is 6.46. The van der Waals surface area contributed by atoms with Crippen LogP contribution in [0.25, 0.3) is 11.0 Å². The molecule has 4 heterocycles. The van der Waals surface area contributed by atoms with Crippen molar-refractivity contribution in [2.45, 2.75) is 64.4 Å². The van der Waals surface area contributed by atoms with Crippen molar-refractivity contribution in [1.82, 2.24) is 14.5 Å². The number of aryl methyl sites for hydroxylation is 1. The van der Waals surface area contributed by atoms with E-state index in [-0.39, 0.29) is 24.5 Å². The fourth-order valence-corrected chi connectivity index (χ4v) is 3.51. The maximum absolute atomic E-state index is 6.22. The number of fused-ring (bicyclic) bond motifs is 2. The van der Waals surface area contributed by atoms with E-state index in [2.05, 4.69) is 16.9 Å². The van der Waals surface area contributed by atoms with Crippen LogP contribution >= 0.6 is 0 Å². The van der Waals surface area contributed by atoms with Gasteiger partial charge in [-0.25, -0.2) is 9.97 Å². The van der Waals surface area contributed by atoms with E-state index >= 15 is 0 Å². The summed E-state index contributed by atoms with van der Waals surface area (Å²) in [7, 11) is 0. The van der Waals surface area contributed by atoms with Crippen LogP contribution in [0, 0.1) is 6.92 Å². The number of rotatable bonds is 2. The van der Waals surface area contributed by atoms with Gasteiger partial charge < -0.3 is 18.8 Å². The van der Waals surface area contributed by atoms with Crippen LogP contribution in [0.3, 0.4) is 0 Å². The Labute approximate surface area is 129 Å². The van der Waals surface area contributed by atoms with Gasteiger partial charge in [-0.3, -0.25) is 0 Å².